The van der Waals surface area contributed by atoms with Gasteiger partial charge < -0.3 is 14.5 Å². The van der Waals surface area contributed by atoms with Gasteiger partial charge >= 0.3 is 5.76 Å². The largest absolute Gasteiger partial charge is 0.419 e. The van der Waals surface area contributed by atoms with Crippen LogP contribution in [0.25, 0.3) is 11.1 Å². The highest BCUT2D eigenvalue weighted by molar-refractivity contribution is 5.74. The van der Waals surface area contributed by atoms with Crippen molar-refractivity contribution in [2.75, 3.05) is 20.3 Å². The minimum atomic E-state index is -0.269. The number of ether oxygens (including phenoxy) is 1. The lowest BCUT2D eigenvalue weighted by molar-refractivity contribution is 0.178. The number of hydrogen-bond donors (Lipinski definition) is 1. The molecule has 0 aliphatic carbocycles. The molecule has 1 N–H and O–H groups in total. The Morgan fingerprint density at radius 2 is 2.33 bits per heavy atom. The first-order chi connectivity index (χ1) is 10.2. The quantitative estimate of drug-likeness (QED) is 0.918. The van der Waals surface area contributed by atoms with Gasteiger partial charge in [-0.2, -0.15) is 0 Å². The molecule has 1 saturated heterocycles. The van der Waals surface area contributed by atoms with Gasteiger partial charge in [0.25, 0.3) is 0 Å². The summed E-state index contributed by atoms with van der Waals surface area (Å²) in [4.78, 5) is 11.9. The Kier molecular flexibility index (Phi) is 4.12. The van der Waals surface area contributed by atoms with Gasteiger partial charge in [-0.05, 0) is 37.6 Å². The van der Waals surface area contributed by atoms with Crippen molar-refractivity contribution in [3.05, 3.63) is 34.3 Å². The predicted molar refractivity (Wildman–Crippen MR) is 81.5 cm³/mol. The van der Waals surface area contributed by atoms with Crippen molar-refractivity contribution < 1.29 is 9.15 Å². The molecule has 5 nitrogen and oxygen atoms in total. The predicted octanol–water partition coefficient (Wildman–Crippen LogP) is 2.30. The van der Waals surface area contributed by atoms with E-state index in [9.17, 15) is 4.79 Å². The Labute approximate surface area is 123 Å². The first-order valence-corrected chi connectivity index (χ1v) is 7.63. The molecule has 2 heterocycles. The molecule has 114 valence electrons. The van der Waals surface area contributed by atoms with Gasteiger partial charge in [0.05, 0.1) is 12.1 Å². The maximum absolute atomic E-state index is 11.9. The maximum Gasteiger partial charge on any atom is 0.419 e. The third-order valence-electron chi connectivity index (χ3n) is 4.25. The Hall–Kier alpha value is -1.59. The van der Waals surface area contributed by atoms with Crippen LogP contribution in [0.3, 0.4) is 0 Å². The highest BCUT2D eigenvalue weighted by atomic mass is 16.5. The summed E-state index contributed by atoms with van der Waals surface area (Å²) in [6.45, 7) is 4.35. The van der Waals surface area contributed by atoms with Gasteiger partial charge in [-0.3, -0.25) is 4.57 Å². The zero-order chi connectivity index (χ0) is 14.8. The summed E-state index contributed by atoms with van der Waals surface area (Å²) in [7, 11) is 1.96. The average molecular weight is 290 g/mol. The number of aromatic nitrogens is 1. The van der Waals surface area contributed by atoms with E-state index < -0.39 is 0 Å². The summed E-state index contributed by atoms with van der Waals surface area (Å²) in [6.07, 6.45) is 1.97. The molecule has 1 aliphatic heterocycles. The lowest BCUT2D eigenvalue weighted by atomic mass is 9.92. The fourth-order valence-electron chi connectivity index (χ4n) is 3.20. The number of rotatable bonds is 5. The molecule has 1 aliphatic rings. The van der Waals surface area contributed by atoms with Gasteiger partial charge in [0.15, 0.2) is 5.58 Å². The minimum Gasteiger partial charge on any atom is -0.408 e. The normalized spacial score (nSPS) is 20.2. The molecule has 2 atom stereocenters. The van der Waals surface area contributed by atoms with Crippen molar-refractivity contribution in [2.45, 2.75) is 32.4 Å². The van der Waals surface area contributed by atoms with Gasteiger partial charge in [0.2, 0.25) is 0 Å². The molecule has 3 rings (SSSR count). The summed E-state index contributed by atoms with van der Waals surface area (Å²) in [5, 5.41) is 3.36. The molecule has 0 bridgehead atoms. The second-order valence-electron chi connectivity index (χ2n) is 5.64. The van der Waals surface area contributed by atoms with Crippen LogP contribution >= 0.6 is 0 Å². The van der Waals surface area contributed by atoms with E-state index in [1.54, 1.807) is 4.57 Å². The number of oxazole rings is 1. The lowest BCUT2D eigenvalue weighted by Crippen LogP contribution is -2.25. The van der Waals surface area contributed by atoms with Crippen molar-refractivity contribution in [3.63, 3.8) is 0 Å². The van der Waals surface area contributed by atoms with Crippen LogP contribution in [0.2, 0.25) is 0 Å². The van der Waals surface area contributed by atoms with Crippen LogP contribution < -0.4 is 11.1 Å². The lowest BCUT2D eigenvalue weighted by Gasteiger charge is -2.22. The van der Waals surface area contributed by atoms with Crippen LogP contribution in [0.4, 0.5) is 0 Å². The molecule has 0 spiro atoms. The maximum atomic E-state index is 11.9. The second-order valence-corrected chi connectivity index (χ2v) is 5.64. The average Bonchev–Trinajstić information content (AvgIpc) is 3.09. The van der Waals surface area contributed by atoms with Gasteiger partial charge in [0.1, 0.15) is 0 Å². The number of nitrogens with one attached hydrogen (secondary N) is 1. The van der Waals surface area contributed by atoms with Crippen molar-refractivity contribution in [3.8, 4) is 0 Å². The highest BCUT2D eigenvalue weighted by Crippen LogP contribution is 2.30. The monoisotopic (exact) mass is 290 g/mol. The fraction of sp³-hybridized carbons (Fsp3) is 0.562. The Morgan fingerprint density at radius 1 is 1.48 bits per heavy atom. The molecule has 1 aromatic carbocycles. The molecule has 5 heteroatoms. The van der Waals surface area contributed by atoms with Crippen molar-refractivity contribution in [1.29, 1.82) is 0 Å². The first-order valence-electron chi connectivity index (χ1n) is 7.63. The Balaban J connectivity index is 1.98. The molecular formula is C16H22N2O3. The molecule has 0 radical (unpaired) electrons. The van der Waals surface area contributed by atoms with Crippen LogP contribution in [0.5, 0.6) is 0 Å². The zero-order valence-electron chi connectivity index (χ0n) is 12.6. The van der Waals surface area contributed by atoms with E-state index in [0.29, 0.717) is 18.0 Å². The SMILES string of the molecule is CCCn1c(=O)oc2cc(C(NC)C3CCOC3)ccc21. The van der Waals surface area contributed by atoms with Crippen molar-refractivity contribution in [1.82, 2.24) is 9.88 Å². The molecule has 1 fully saturated rings. The standard InChI is InChI=1S/C16H22N2O3/c1-3-7-18-13-5-4-11(9-14(13)21-16(18)19)15(17-2)12-6-8-20-10-12/h4-5,9,12,15,17H,3,6-8,10H2,1-2H3. The second kappa shape index (κ2) is 6.03. The summed E-state index contributed by atoms with van der Waals surface area (Å²) < 4.78 is 12.6. The smallest absolute Gasteiger partial charge is 0.408 e. The summed E-state index contributed by atoms with van der Waals surface area (Å²) >= 11 is 0. The highest BCUT2D eigenvalue weighted by Gasteiger charge is 2.26. The topological polar surface area (TPSA) is 56.4 Å². The number of fused-ring (bicyclic) bond motifs is 1. The van der Waals surface area contributed by atoms with Crippen LogP contribution in [0.15, 0.2) is 27.4 Å². The number of hydrogen-bond acceptors (Lipinski definition) is 4. The third kappa shape index (κ3) is 2.63. The summed E-state index contributed by atoms with van der Waals surface area (Å²) in [5.74, 6) is 0.200. The molecule has 2 unspecified atom stereocenters. The van der Waals surface area contributed by atoms with E-state index in [2.05, 4.69) is 18.3 Å². The fourth-order valence-corrected chi connectivity index (χ4v) is 3.20. The van der Waals surface area contributed by atoms with Gasteiger partial charge in [-0.25, -0.2) is 4.79 Å². The van der Waals surface area contributed by atoms with Gasteiger partial charge in [-0.1, -0.05) is 13.0 Å². The zero-order valence-corrected chi connectivity index (χ0v) is 12.6. The van der Waals surface area contributed by atoms with E-state index in [0.717, 1.165) is 37.1 Å². The van der Waals surface area contributed by atoms with E-state index in [1.165, 1.54) is 0 Å². The number of benzene rings is 1. The van der Waals surface area contributed by atoms with Crippen molar-refractivity contribution in [2.24, 2.45) is 5.92 Å². The molecule has 0 amide bonds. The Morgan fingerprint density at radius 3 is 3.00 bits per heavy atom. The van der Waals surface area contributed by atoms with Crippen LogP contribution in [0, 0.1) is 5.92 Å². The molecule has 21 heavy (non-hydrogen) atoms. The van der Waals surface area contributed by atoms with Gasteiger partial charge in [0, 0.05) is 25.1 Å². The van der Waals surface area contributed by atoms with Crippen molar-refractivity contribution >= 4 is 11.1 Å². The van der Waals surface area contributed by atoms with E-state index in [-0.39, 0.29) is 11.8 Å². The van der Waals surface area contributed by atoms with Gasteiger partial charge in [-0.15, -0.1) is 0 Å². The molecular weight excluding hydrogens is 268 g/mol. The van der Waals surface area contributed by atoms with Crippen LogP contribution in [-0.2, 0) is 11.3 Å². The van der Waals surface area contributed by atoms with E-state index in [4.69, 9.17) is 9.15 Å². The van der Waals surface area contributed by atoms with Crippen LogP contribution in [-0.4, -0.2) is 24.8 Å². The number of nitrogens with zero attached hydrogens (tertiary/aromatic N) is 1. The molecule has 1 aromatic heterocycles. The van der Waals surface area contributed by atoms with E-state index in [1.807, 2.05) is 19.2 Å². The van der Waals surface area contributed by atoms with Crippen LogP contribution in [0.1, 0.15) is 31.4 Å². The third-order valence-corrected chi connectivity index (χ3v) is 4.25. The number of aryl methyl sites for hydroxylation is 1. The van der Waals surface area contributed by atoms with E-state index >= 15 is 0 Å². The summed E-state index contributed by atoms with van der Waals surface area (Å²) in [6, 6.07) is 6.30. The molecule has 0 saturated carbocycles. The minimum absolute atomic E-state index is 0.233. The first kappa shape index (κ1) is 14.4. The summed E-state index contributed by atoms with van der Waals surface area (Å²) in [5.41, 5.74) is 2.70. The molecule has 2 aromatic rings. The Bertz CT molecular complexity index is 668.